The molecule has 0 saturated heterocycles. The SMILES string of the molecule is CCNCc1c(OCc2ccsc2)ccc2ccccc12. The Hall–Kier alpha value is -1.84. The molecule has 1 heterocycles. The minimum Gasteiger partial charge on any atom is -0.489 e. The lowest BCUT2D eigenvalue weighted by atomic mass is 10.0. The zero-order valence-electron chi connectivity index (χ0n) is 12.1. The highest BCUT2D eigenvalue weighted by atomic mass is 32.1. The number of hydrogen-bond donors (Lipinski definition) is 1. The molecule has 21 heavy (non-hydrogen) atoms. The molecule has 0 amide bonds. The molecule has 2 aromatic carbocycles. The largest absolute Gasteiger partial charge is 0.489 e. The normalized spacial score (nSPS) is 10.9. The van der Waals surface area contributed by atoms with Crippen LogP contribution in [-0.4, -0.2) is 6.54 Å². The lowest BCUT2D eigenvalue weighted by molar-refractivity contribution is 0.303. The summed E-state index contributed by atoms with van der Waals surface area (Å²) in [7, 11) is 0. The molecule has 0 aliphatic heterocycles. The van der Waals surface area contributed by atoms with Gasteiger partial charge < -0.3 is 10.1 Å². The van der Waals surface area contributed by atoms with Gasteiger partial charge in [-0.05, 0) is 45.8 Å². The highest BCUT2D eigenvalue weighted by Gasteiger charge is 2.08. The number of thiophene rings is 1. The summed E-state index contributed by atoms with van der Waals surface area (Å²) in [6, 6.07) is 14.8. The van der Waals surface area contributed by atoms with Crippen molar-refractivity contribution in [2.45, 2.75) is 20.1 Å². The maximum Gasteiger partial charge on any atom is 0.124 e. The number of ether oxygens (including phenoxy) is 1. The second-order valence-electron chi connectivity index (χ2n) is 4.96. The van der Waals surface area contributed by atoms with Gasteiger partial charge in [0.2, 0.25) is 0 Å². The highest BCUT2D eigenvalue weighted by molar-refractivity contribution is 7.07. The van der Waals surface area contributed by atoms with E-state index in [4.69, 9.17) is 4.74 Å². The molecular weight excluding hydrogens is 278 g/mol. The first kappa shape index (κ1) is 14.1. The minimum atomic E-state index is 0.626. The van der Waals surface area contributed by atoms with Gasteiger partial charge in [0.05, 0.1) is 0 Å². The van der Waals surface area contributed by atoms with Crippen LogP contribution in [0.2, 0.25) is 0 Å². The molecule has 1 N–H and O–H groups in total. The van der Waals surface area contributed by atoms with Gasteiger partial charge in [-0.3, -0.25) is 0 Å². The summed E-state index contributed by atoms with van der Waals surface area (Å²) in [4.78, 5) is 0. The smallest absolute Gasteiger partial charge is 0.124 e. The second kappa shape index (κ2) is 6.74. The van der Waals surface area contributed by atoms with E-state index in [1.54, 1.807) is 11.3 Å². The van der Waals surface area contributed by atoms with Gasteiger partial charge in [-0.1, -0.05) is 37.3 Å². The highest BCUT2D eigenvalue weighted by Crippen LogP contribution is 2.28. The summed E-state index contributed by atoms with van der Waals surface area (Å²) in [6.07, 6.45) is 0. The Morgan fingerprint density at radius 3 is 2.81 bits per heavy atom. The molecule has 0 atom stereocenters. The Morgan fingerprint density at radius 1 is 1.10 bits per heavy atom. The van der Waals surface area contributed by atoms with Crippen LogP contribution in [0.3, 0.4) is 0 Å². The third kappa shape index (κ3) is 3.26. The summed E-state index contributed by atoms with van der Waals surface area (Å²) in [5.41, 5.74) is 2.47. The van der Waals surface area contributed by atoms with E-state index in [9.17, 15) is 0 Å². The third-order valence-electron chi connectivity index (χ3n) is 3.52. The predicted octanol–water partition coefficient (Wildman–Crippen LogP) is 4.59. The molecule has 3 rings (SSSR count). The Balaban J connectivity index is 1.92. The maximum atomic E-state index is 6.05. The topological polar surface area (TPSA) is 21.3 Å². The minimum absolute atomic E-state index is 0.626. The summed E-state index contributed by atoms with van der Waals surface area (Å²) in [5.74, 6) is 0.973. The van der Waals surface area contributed by atoms with Crippen LogP contribution in [0.4, 0.5) is 0 Å². The predicted molar refractivity (Wildman–Crippen MR) is 90.0 cm³/mol. The molecule has 0 saturated carbocycles. The first-order valence-electron chi connectivity index (χ1n) is 7.23. The molecule has 0 aliphatic carbocycles. The van der Waals surface area contributed by atoms with Gasteiger partial charge in [0.15, 0.2) is 0 Å². The lowest BCUT2D eigenvalue weighted by Crippen LogP contribution is -2.13. The summed E-state index contributed by atoms with van der Waals surface area (Å²) in [6.45, 7) is 4.53. The second-order valence-corrected chi connectivity index (χ2v) is 5.74. The van der Waals surface area contributed by atoms with Gasteiger partial charge in [0.1, 0.15) is 12.4 Å². The average molecular weight is 297 g/mol. The standard InChI is InChI=1S/C18H19NOS/c1-2-19-11-17-16-6-4-3-5-15(16)7-8-18(17)20-12-14-9-10-21-13-14/h3-10,13,19H,2,11-12H2,1H3. The monoisotopic (exact) mass is 297 g/mol. The van der Waals surface area contributed by atoms with Crippen molar-refractivity contribution >= 4 is 22.1 Å². The van der Waals surface area contributed by atoms with E-state index in [0.717, 1.165) is 18.8 Å². The van der Waals surface area contributed by atoms with Crippen molar-refractivity contribution in [2.75, 3.05) is 6.54 Å². The quantitative estimate of drug-likeness (QED) is 0.718. The molecule has 0 bridgehead atoms. The number of hydrogen-bond acceptors (Lipinski definition) is 3. The van der Waals surface area contributed by atoms with Crippen molar-refractivity contribution in [1.29, 1.82) is 0 Å². The van der Waals surface area contributed by atoms with E-state index >= 15 is 0 Å². The fraction of sp³-hybridized carbons (Fsp3) is 0.222. The lowest BCUT2D eigenvalue weighted by Gasteiger charge is -2.14. The summed E-state index contributed by atoms with van der Waals surface area (Å²) < 4.78 is 6.05. The molecule has 0 radical (unpaired) electrons. The fourth-order valence-electron chi connectivity index (χ4n) is 2.42. The van der Waals surface area contributed by atoms with E-state index in [1.165, 1.54) is 21.9 Å². The Bertz CT molecular complexity index is 706. The Labute approximate surface area is 129 Å². The van der Waals surface area contributed by atoms with Crippen LogP contribution >= 0.6 is 11.3 Å². The maximum absolute atomic E-state index is 6.05. The van der Waals surface area contributed by atoms with Crippen LogP contribution < -0.4 is 10.1 Å². The summed E-state index contributed by atoms with van der Waals surface area (Å²) >= 11 is 1.70. The average Bonchev–Trinajstić information content (AvgIpc) is 3.04. The van der Waals surface area contributed by atoms with Crippen molar-refractivity contribution in [3.8, 4) is 5.75 Å². The zero-order valence-corrected chi connectivity index (χ0v) is 13.0. The summed E-state index contributed by atoms with van der Waals surface area (Å²) in [5, 5.41) is 10.1. The van der Waals surface area contributed by atoms with Crippen LogP contribution in [0, 0.1) is 0 Å². The molecule has 2 nitrogen and oxygen atoms in total. The Kier molecular flexibility index (Phi) is 4.53. The molecule has 1 aromatic heterocycles. The van der Waals surface area contributed by atoms with Gasteiger partial charge in [-0.25, -0.2) is 0 Å². The molecule has 0 fully saturated rings. The van der Waals surface area contributed by atoms with Gasteiger partial charge in [0.25, 0.3) is 0 Å². The molecule has 108 valence electrons. The van der Waals surface area contributed by atoms with Gasteiger partial charge in [0, 0.05) is 12.1 Å². The van der Waals surface area contributed by atoms with Crippen molar-refractivity contribution in [3.63, 3.8) is 0 Å². The fourth-order valence-corrected chi connectivity index (χ4v) is 3.07. The van der Waals surface area contributed by atoms with Crippen molar-refractivity contribution < 1.29 is 4.74 Å². The number of nitrogens with one attached hydrogen (secondary N) is 1. The molecule has 3 heteroatoms. The molecule has 0 unspecified atom stereocenters. The van der Waals surface area contributed by atoms with E-state index in [2.05, 4.69) is 65.5 Å². The first-order valence-corrected chi connectivity index (χ1v) is 8.18. The number of fused-ring (bicyclic) bond motifs is 1. The van der Waals surface area contributed by atoms with Crippen LogP contribution in [0.1, 0.15) is 18.1 Å². The number of benzene rings is 2. The van der Waals surface area contributed by atoms with Crippen LogP contribution in [0.25, 0.3) is 10.8 Å². The van der Waals surface area contributed by atoms with Crippen molar-refractivity contribution in [2.24, 2.45) is 0 Å². The molecule has 3 aromatic rings. The molecule has 0 aliphatic rings. The van der Waals surface area contributed by atoms with Gasteiger partial charge in [-0.15, -0.1) is 0 Å². The van der Waals surface area contributed by atoms with Crippen LogP contribution in [0.15, 0.2) is 53.2 Å². The third-order valence-corrected chi connectivity index (χ3v) is 4.26. The first-order chi connectivity index (χ1) is 10.4. The van der Waals surface area contributed by atoms with Gasteiger partial charge in [-0.2, -0.15) is 11.3 Å². The van der Waals surface area contributed by atoms with E-state index in [-0.39, 0.29) is 0 Å². The number of rotatable bonds is 6. The van der Waals surface area contributed by atoms with Gasteiger partial charge >= 0.3 is 0 Å². The van der Waals surface area contributed by atoms with Crippen LogP contribution in [0.5, 0.6) is 5.75 Å². The Morgan fingerprint density at radius 2 is 2.00 bits per heavy atom. The molecule has 0 spiro atoms. The van der Waals surface area contributed by atoms with E-state index in [0.29, 0.717) is 6.61 Å². The molecular formula is C18H19NOS. The van der Waals surface area contributed by atoms with E-state index in [1.807, 2.05) is 0 Å². The van der Waals surface area contributed by atoms with Crippen molar-refractivity contribution in [1.82, 2.24) is 5.32 Å². The van der Waals surface area contributed by atoms with Crippen LogP contribution in [-0.2, 0) is 13.2 Å². The van der Waals surface area contributed by atoms with Crippen molar-refractivity contribution in [3.05, 3.63) is 64.4 Å². The van der Waals surface area contributed by atoms with E-state index < -0.39 is 0 Å². The zero-order chi connectivity index (χ0) is 14.5.